The average Bonchev–Trinajstić information content (AvgIpc) is 2.32. The first-order chi connectivity index (χ1) is 8.22. The number of amides is 1. The average molecular weight is 260 g/mol. The zero-order valence-electron chi connectivity index (χ0n) is 10.5. The van der Waals surface area contributed by atoms with Gasteiger partial charge in [0.05, 0.1) is 0 Å². The molecule has 0 aromatic rings. The summed E-state index contributed by atoms with van der Waals surface area (Å²) in [6.07, 6.45) is 6.55. The van der Waals surface area contributed by atoms with Crippen molar-refractivity contribution < 1.29 is 9.00 Å². The molecular formula is C12H24N2O2S. The first-order valence-electron chi connectivity index (χ1n) is 6.57. The summed E-state index contributed by atoms with van der Waals surface area (Å²) in [7, 11) is -0.648. The highest BCUT2D eigenvalue weighted by molar-refractivity contribution is 7.85. The fourth-order valence-electron chi connectivity index (χ4n) is 2.02. The summed E-state index contributed by atoms with van der Waals surface area (Å²) in [5, 5.41) is 3.03. The molecule has 5 heteroatoms. The molecule has 1 saturated heterocycles. The third kappa shape index (κ3) is 6.78. The van der Waals surface area contributed by atoms with Crippen LogP contribution in [-0.2, 0) is 15.6 Å². The number of nitrogens with two attached hydrogens (primary N) is 1. The van der Waals surface area contributed by atoms with Gasteiger partial charge in [-0.05, 0) is 32.2 Å². The van der Waals surface area contributed by atoms with E-state index in [1.165, 1.54) is 0 Å². The van der Waals surface area contributed by atoms with Crippen molar-refractivity contribution in [3.05, 3.63) is 0 Å². The SMILES string of the molecule is NCCCCCCC(=O)NC1CCS(=O)CC1. The number of rotatable bonds is 7. The fraction of sp³-hybridized carbons (Fsp3) is 0.917. The summed E-state index contributed by atoms with van der Waals surface area (Å²) < 4.78 is 11.2. The van der Waals surface area contributed by atoms with E-state index in [0.717, 1.165) is 56.6 Å². The maximum Gasteiger partial charge on any atom is 0.220 e. The first-order valence-corrected chi connectivity index (χ1v) is 8.05. The molecule has 0 atom stereocenters. The Morgan fingerprint density at radius 1 is 1.18 bits per heavy atom. The Morgan fingerprint density at radius 2 is 1.82 bits per heavy atom. The van der Waals surface area contributed by atoms with E-state index in [4.69, 9.17) is 5.73 Å². The monoisotopic (exact) mass is 260 g/mol. The van der Waals surface area contributed by atoms with Gasteiger partial charge in [0.2, 0.25) is 5.91 Å². The highest BCUT2D eigenvalue weighted by Crippen LogP contribution is 2.10. The molecule has 1 rings (SSSR count). The molecule has 1 aliphatic rings. The zero-order chi connectivity index (χ0) is 12.5. The number of nitrogens with one attached hydrogen (secondary N) is 1. The van der Waals surface area contributed by atoms with Crippen molar-refractivity contribution in [3.8, 4) is 0 Å². The van der Waals surface area contributed by atoms with Crippen molar-refractivity contribution >= 4 is 16.7 Å². The third-order valence-corrected chi connectivity index (χ3v) is 4.49. The highest BCUT2D eigenvalue weighted by atomic mass is 32.2. The molecule has 17 heavy (non-hydrogen) atoms. The van der Waals surface area contributed by atoms with Gasteiger partial charge in [-0.25, -0.2) is 0 Å². The lowest BCUT2D eigenvalue weighted by atomic mass is 10.1. The number of hydrogen-bond donors (Lipinski definition) is 2. The van der Waals surface area contributed by atoms with Gasteiger partial charge in [-0.15, -0.1) is 0 Å². The lowest BCUT2D eigenvalue weighted by Crippen LogP contribution is -2.39. The van der Waals surface area contributed by atoms with Crippen LogP contribution in [-0.4, -0.2) is 34.2 Å². The van der Waals surface area contributed by atoms with Crippen molar-refractivity contribution in [1.82, 2.24) is 5.32 Å². The molecule has 0 saturated carbocycles. The van der Waals surface area contributed by atoms with E-state index in [2.05, 4.69) is 5.32 Å². The van der Waals surface area contributed by atoms with Crippen LogP contribution in [0.15, 0.2) is 0 Å². The van der Waals surface area contributed by atoms with Gasteiger partial charge >= 0.3 is 0 Å². The van der Waals surface area contributed by atoms with Crippen LogP contribution in [0, 0.1) is 0 Å². The van der Waals surface area contributed by atoms with Crippen LogP contribution in [0.25, 0.3) is 0 Å². The summed E-state index contributed by atoms with van der Waals surface area (Å²) in [5.41, 5.74) is 5.40. The minimum Gasteiger partial charge on any atom is -0.353 e. The summed E-state index contributed by atoms with van der Waals surface area (Å²) in [6, 6.07) is 0.254. The van der Waals surface area contributed by atoms with Gasteiger partial charge in [-0.2, -0.15) is 0 Å². The van der Waals surface area contributed by atoms with E-state index < -0.39 is 10.8 Å². The topological polar surface area (TPSA) is 72.2 Å². The van der Waals surface area contributed by atoms with Crippen molar-refractivity contribution in [3.63, 3.8) is 0 Å². The van der Waals surface area contributed by atoms with Crippen LogP contribution in [0.3, 0.4) is 0 Å². The molecule has 0 aliphatic carbocycles. The first kappa shape index (κ1) is 14.6. The molecule has 0 bridgehead atoms. The van der Waals surface area contributed by atoms with Gasteiger partial charge in [-0.3, -0.25) is 9.00 Å². The van der Waals surface area contributed by atoms with E-state index in [1.807, 2.05) is 0 Å². The molecule has 4 nitrogen and oxygen atoms in total. The molecule has 0 unspecified atom stereocenters. The second-order valence-electron chi connectivity index (χ2n) is 4.64. The quantitative estimate of drug-likeness (QED) is 0.669. The van der Waals surface area contributed by atoms with Crippen molar-refractivity contribution in [2.24, 2.45) is 5.73 Å². The maximum absolute atomic E-state index is 11.6. The van der Waals surface area contributed by atoms with Crippen LogP contribution >= 0.6 is 0 Å². The van der Waals surface area contributed by atoms with Gasteiger partial charge in [0.1, 0.15) is 0 Å². The largest absolute Gasteiger partial charge is 0.353 e. The molecule has 0 aromatic heterocycles. The molecular weight excluding hydrogens is 236 g/mol. The Kier molecular flexibility index (Phi) is 7.44. The number of unbranched alkanes of at least 4 members (excludes halogenated alkanes) is 3. The minimum atomic E-state index is -0.648. The van der Waals surface area contributed by atoms with Gasteiger partial charge in [0, 0.05) is 34.8 Å². The molecule has 0 spiro atoms. The summed E-state index contributed by atoms with van der Waals surface area (Å²) >= 11 is 0. The Hall–Kier alpha value is -0.420. The van der Waals surface area contributed by atoms with Gasteiger partial charge in [0.25, 0.3) is 0 Å². The van der Waals surface area contributed by atoms with Gasteiger partial charge in [-0.1, -0.05) is 12.8 Å². The van der Waals surface area contributed by atoms with Gasteiger partial charge in [0.15, 0.2) is 0 Å². The molecule has 1 amide bonds. The second kappa shape index (κ2) is 8.64. The number of hydrogen-bond acceptors (Lipinski definition) is 3. The van der Waals surface area contributed by atoms with E-state index in [9.17, 15) is 9.00 Å². The third-order valence-electron chi connectivity index (χ3n) is 3.11. The summed E-state index contributed by atoms with van der Waals surface area (Å²) in [4.78, 5) is 11.6. The number of carbonyl (C=O) groups is 1. The summed E-state index contributed by atoms with van der Waals surface area (Å²) in [6.45, 7) is 0.741. The predicted octanol–water partition coefficient (Wildman–Crippen LogP) is 0.923. The molecule has 0 radical (unpaired) electrons. The lowest BCUT2D eigenvalue weighted by molar-refractivity contribution is -0.122. The molecule has 1 fully saturated rings. The molecule has 0 aromatic carbocycles. The van der Waals surface area contributed by atoms with Crippen molar-refractivity contribution in [1.29, 1.82) is 0 Å². The van der Waals surface area contributed by atoms with Crippen molar-refractivity contribution in [2.45, 2.75) is 51.0 Å². The van der Waals surface area contributed by atoms with Crippen LogP contribution in [0.4, 0.5) is 0 Å². The van der Waals surface area contributed by atoms with E-state index >= 15 is 0 Å². The summed E-state index contributed by atoms with van der Waals surface area (Å²) in [5.74, 6) is 1.62. The van der Waals surface area contributed by atoms with Crippen molar-refractivity contribution in [2.75, 3.05) is 18.1 Å². The van der Waals surface area contributed by atoms with Crippen LogP contribution in [0.1, 0.15) is 44.9 Å². The minimum absolute atomic E-state index is 0.149. The molecule has 100 valence electrons. The zero-order valence-corrected chi connectivity index (χ0v) is 11.3. The Labute approximate surface area is 106 Å². The van der Waals surface area contributed by atoms with Crippen LogP contribution in [0.2, 0.25) is 0 Å². The molecule has 1 heterocycles. The van der Waals surface area contributed by atoms with E-state index in [-0.39, 0.29) is 11.9 Å². The van der Waals surface area contributed by atoms with Gasteiger partial charge < -0.3 is 11.1 Å². The standard InChI is InChI=1S/C12H24N2O2S/c13-8-4-2-1-3-5-12(15)14-11-6-9-17(16)10-7-11/h11H,1-10,13H2,(H,14,15). The predicted molar refractivity (Wildman–Crippen MR) is 71.2 cm³/mol. The fourth-order valence-corrected chi connectivity index (χ4v) is 3.32. The maximum atomic E-state index is 11.6. The number of carbonyl (C=O) groups excluding carboxylic acids is 1. The normalized spacial score (nSPS) is 24.5. The van der Waals surface area contributed by atoms with Crippen LogP contribution < -0.4 is 11.1 Å². The Morgan fingerprint density at radius 3 is 2.47 bits per heavy atom. The molecule has 1 aliphatic heterocycles. The van der Waals surface area contributed by atoms with E-state index in [1.54, 1.807) is 0 Å². The van der Waals surface area contributed by atoms with Crippen LogP contribution in [0.5, 0.6) is 0 Å². The Bertz CT molecular complexity index is 249. The lowest BCUT2D eigenvalue weighted by Gasteiger charge is -2.22. The smallest absolute Gasteiger partial charge is 0.220 e. The Balaban J connectivity index is 2.02. The highest BCUT2D eigenvalue weighted by Gasteiger charge is 2.18. The second-order valence-corrected chi connectivity index (χ2v) is 6.34. The molecule has 3 N–H and O–H groups in total. The van der Waals surface area contributed by atoms with E-state index in [0.29, 0.717) is 6.42 Å².